The predicted octanol–water partition coefficient (Wildman–Crippen LogP) is 2.46. The van der Waals surface area contributed by atoms with Crippen molar-refractivity contribution in [2.75, 3.05) is 0 Å². The average molecular weight is 249 g/mol. The second-order valence-corrected chi connectivity index (χ2v) is 4.10. The number of nitrogens with zero attached hydrogens (tertiary/aromatic N) is 3. The fraction of sp³-hybridized carbons (Fsp3) is 0.667. The molecule has 2 rings (SSSR count). The number of nitrogens with two attached hydrogens (primary N) is 1. The molecule has 0 bridgehead atoms. The van der Waals surface area contributed by atoms with Crippen molar-refractivity contribution in [2.45, 2.75) is 38.1 Å². The van der Waals surface area contributed by atoms with E-state index in [2.05, 4.69) is 15.0 Å². The normalized spacial score (nSPS) is 16.7. The van der Waals surface area contributed by atoms with Gasteiger partial charge < -0.3 is 5.73 Å². The van der Waals surface area contributed by atoms with Crippen LogP contribution in [0, 0.1) is 0 Å². The van der Waals surface area contributed by atoms with Gasteiger partial charge in [0, 0.05) is 6.04 Å². The molecule has 1 aliphatic carbocycles. The van der Waals surface area contributed by atoms with Crippen LogP contribution in [-0.2, 0) is 0 Å². The lowest BCUT2D eigenvalue weighted by Crippen LogP contribution is -2.22. The predicted molar refractivity (Wildman–Crippen MR) is 60.9 cm³/mol. The van der Waals surface area contributed by atoms with Crippen LogP contribution in [-0.4, -0.2) is 21.0 Å². The maximum absolute atomic E-state index is 5.63. The van der Waals surface area contributed by atoms with Crippen LogP contribution in [0.25, 0.3) is 0 Å². The molecule has 1 heterocycles. The summed E-state index contributed by atoms with van der Waals surface area (Å²) < 4.78 is 0. The van der Waals surface area contributed by atoms with Crippen LogP contribution in [0.5, 0.6) is 0 Å². The summed E-state index contributed by atoms with van der Waals surface area (Å²) in [6.45, 7) is 0. The molecule has 0 spiro atoms. The van der Waals surface area contributed by atoms with Crippen LogP contribution in [0.4, 0.5) is 0 Å². The van der Waals surface area contributed by atoms with E-state index in [9.17, 15) is 0 Å². The van der Waals surface area contributed by atoms with E-state index in [-0.39, 0.29) is 10.6 Å². The zero-order valence-corrected chi connectivity index (χ0v) is 9.88. The summed E-state index contributed by atoms with van der Waals surface area (Å²) in [5, 5.41) is 0.231. The smallest absolute Gasteiger partial charge is 0.226 e. The molecule has 4 nitrogen and oxygen atoms in total. The van der Waals surface area contributed by atoms with Gasteiger partial charge in [0.2, 0.25) is 10.6 Å². The minimum atomic E-state index is 0.116. The lowest BCUT2D eigenvalue weighted by atomic mass is 9.97. The second-order valence-electron chi connectivity index (χ2n) is 3.42. The molecule has 1 fully saturated rings. The molecule has 2 N–H and O–H groups in total. The van der Waals surface area contributed by atoms with E-state index >= 15 is 0 Å². The second kappa shape index (κ2) is 6.93. The first-order valence-electron chi connectivity index (χ1n) is 4.94. The van der Waals surface area contributed by atoms with Crippen molar-refractivity contribution in [2.24, 2.45) is 5.73 Å². The fourth-order valence-electron chi connectivity index (χ4n) is 1.39. The molecule has 15 heavy (non-hydrogen) atoms. The molecule has 0 aliphatic heterocycles. The van der Waals surface area contributed by atoms with Gasteiger partial charge in [0.05, 0.1) is 0 Å². The first-order chi connectivity index (χ1) is 7.18. The first kappa shape index (κ1) is 12.6. The molecule has 0 atom stereocenters. The fourth-order valence-corrected chi connectivity index (χ4v) is 1.68. The molecule has 6 heteroatoms. The van der Waals surface area contributed by atoms with Gasteiger partial charge in [-0.1, -0.05) is 19.3 Å². The van der Waals surface area contributed by atoms with Crippen molar-refractivity contribution in [1.82, 2.24) is 15.0 Å². The molecule has 0 radical (unpaired) electrons. The quantitative estimate of drug-likeness (QED) is 0.767. The Morgan fingerprint density at radius 1 is 1.07 bits per heavy atom. The highest BCUT2D eigenvalue weighted by Gasteiger charge is 2.06. The Balaban J connectivity index is 0.000000151. The van der Waals surface area contributed by atoms with Crippen molar-refractivity contribution >= 4 is 23.2 Å². The highest BCUT2D eigenvalue weighted by molar-refractivity contribution is 6.30. The summed E-state index contributed by atoms with van der Waals surface area (Å²) in [5.74, 6) is 0. The van der Waals surface area contributed by atoms with Crippen molar-refractivity contribution in [1.29, 1.82) is 0 Å². The van der Waals surface area contributed by atoms with Crippen LogP contribution in [0.1, 0.15) is 32.1 Å². The molecule has 1 saturated carbocycles. The van der Waals surface area contributed by atoms with Gasteiger partial charge in [-0.05, 0) is 36.0 Å². The summed E-state index contributed by atoms with van der Waals surface area (Å²) in [6, 6.07) is 0.536. The largest absolute Gasteiger partial charge is 0.328 e. The van der Waals surface area contributed by atoms with Gasteiger partial charge in [0.25, 0.3) is 0 Å². The van der Waals surface area contributed by atoms with Crippen LogP contribution in [0.3, 0.4) is 0 Å². The molecule has 0 aromatic carbocycles. The van der Waals surface area contributed by atoms with Crippen LogP contribution in [0.15, 0.2) is 6.33 Å². The molecule has 0 amide bonds. The Morgan fingerprint density at radius 3 is 1.87 bits per heavy atom. The topological polar surface area (TPSA) is 64.7 Å². The highest BCUT2D eigenvalue weighted by Crippen LogP contribution is 2.14. The Hall–Kier alpha value is -0.450. The highest BCUT2D eigenvalue weighted by atomic mass is 35.5. The van der Waals surface area contributed by atoms with Crippen LogP contribution < -0.4 is 5.73 Å². The minimum Gasteiger partial charge on any atom is -0.328 e. The summed E-state index contributed by atoms with van der Waals surface area (Å²) in [4.78, 5) is 10.5. The average Bonchev–Trinajstić information content (AvgIpc) is 2.19. The van der Waals surface area contributed by atoms with E-state index in [4.69, 9.17) is 28.9 Å². The minimum absolute atomic E-state index is 0.116. The van der Waals surface area contributed by atoms with Crippen molar-refractivity contribution in [3.05, 3.63) is 16.9 Å². The number of halogens is 2. The monoisotopic (exact) mass is 248 g/mol. The number of rotatable bonds is 0. The van der Waals surface area contributed by atoms with Gasteiger partial charge in [0.1, 0.15) is 6.33 Å². The van der Waals surface area contributed by atoms with E-state index in [1.54, 1.807) is 0 Å². The van der Waals surface area contributed by atoms with Crippen molar-refractivity contribution in [3.63, 3.8) is 0 Å². The van der Waals surface area contributed by atoms with Crippen molar-refractivity contribution in [3.8, 4) is 0 Å². The molecule has 1 aromatic rings. The first-order valence-corrected chi connectivity index (χ1v) is 5.69. The number of hydrogen-bond acceptors (Lipinski definition) is 4. The van der Waals surface area contributed by atoms with Gasteiger partial charge >= 0.3 is 0 Å². The van der Waals surface area contributed by atoms with E-state index < -0.39 is 0 Å². The maximum atomic E-state index is 5.63. The van der Waals surface area contributed by atoms with Gasteiger partial charge in [-0.25, -0.2) is 9.97 Å². The molecular formula is C9H14Cl2N4. The summed E-state index contributed by atoms with van der Waals surface area (Å²) in [7, 11) is 0. The third kappa shape index (κ3) is 5.87. The van der Waals surface area contributed by atoms with E-state index in [1.165, 1.54) is 38.4 Å². The third-order valence-electron chi connectivity index (χ3n) is 2.16. The van der Waals surface area contributed by atoms with Gasteiger partial charge in [-0.15, -0.1) is 0 Å². The Labute approximate surface area is 99.2 Å². The van der Waals surface area contributed by atoms with E-state index in [0.29, 0.717) is 6.04 Å². The summed E-state index contributed by atoms with van der Waals surface area (Å²) in [6.07, 6.45) is 7.91. The van der Waals surface area contributed by atoms with E-state index in [0.717, 1.165) is 0 Å². The third-order valence-corrected chi connectivity index (χ3v) is 2.53. The molecular weight excluding hydrogens is 235 g/mol. The zero-order valence-electron chi connectivity index (χ0n) is 8.37. The van der Waals surface area contributed by atoms with E-state index in [1.807, 2.05) is 0 Å². The molecule has 0 unspecified atom stereocenters. The number of aromatic nitrogens is 3. The SMILES string of the molecule is Clc1ncnc(Cl)n1.NC1CCCCC1. The zero-order chi connectivity index (χ0) is 11.1. The molecule has 1 aromatic heterocycles. The Bertz CT molecular complexity index is 272. The Kier molecular flexibility index (Phi) is 5.83. The molecule has 0 saturated heterocycles. The molecule has 84 valence electrons. The van der Waals surface area contributed by atoms with Crippen LogP contribution >= 0.6 is 23.2 Å². The summed E-state index contributed by atoms with van der Waals surface area (Å²) >= 11 is 10.6. The maximum Gasteiger partial charge on any atom is 0.226 e. The lowest BCUT2D eigenvalue weighted by molar-refractivity contribution is 0.441. The summed E-state index contributed by atoms with van der Waals surface area (Å²) in [5.41, 5.74) is 5.63. The van der Waals surface area contributed by atoms with Crippen LogP contribution in [0.2, 0.25) is 10.6 Å². The van der Waals surface area contributed by atoms with Gasteiger partial charge in [-0.2, -0.15) is 4.98 Å². The van der Waals surface area contributed by atoms with Gasteiger partial charge in [0.15, 0.2) is 0 Å². The lowest BCUT2D eigenvalue weighted by Gasteiger charge is -2.15. The standard InChI is InChI=1S/C6H13N.C3HCl2N3/c7-6-4-2-1-3-5-6;4-2-6-1-7-3(5)8-2/h6H,1-5,7H2;1H. The van der Waals surface area contributed by atoms with Gasteiger partial charge in [-0.3, -0.25) is 0 Å². The molecule has 1 aliphatic rings. The van der Waals surface area contributed by atoms with Crippen molar-refractivity contribution < 1.29 is 0 Å². The Morgan fingerprint density at radius 2 is 1.60 bits per heavy atom. The number of hydrogen-bond donors (Lipinski definition) is 1.